The number of fused-ring (bicyclic) bond motifs is 1. The van der Waals surface area contributed by atoms with Crippen LogP contribution in [0.2, 0.25) is 0 Å². The van der Waals surface area contributed by atoms with Gasteiger partial charge >= 0.3 is 0 Å². The molecule has 0 bridgehead atoms. The highest BCUT2D eigenvalue weighted by Crippen LogP contribution is 2.27. The lowest BCUT2D eigenvalue weighted by molar-refractivity contribution is 0.991. The largest absolute Gasteiger partial charge is 0.355 e. The van der Waals surface area contributed by atoms with Crippen LogP contribution in [0.1, 0.15) is 5.01 Å². The van der Waals surface area contributed by atoms with E-state index in [0.717, 1.165) is 26.2 Å². The Hall–Kier alpha value is -2.31. The molecule has 108 valence electrons. The predicted octanol–water partition coefficient (Wildman–Crippen LogP) is 4.43. The zero-order chi connectivity index (χ0) is 14.8. The number of benzene rings is 2. The highest BCUT2D eigenvalue weighted by Gasteiger charge is 2.07. The molecule has 4 rings (SSSR count). The van der Waals surface area contributed by atoms with Crippen molar-refractivity contribution in [3.8, 4) is 10.6 Å². The third-order valence-electron chi connectivity index (χ3n) is 3.17. The predicted molar refractivity (Wildman–Crippen MR) is 92.3 cm³/mol. The first-order chi connectivity index (χ1) is 10.9. The number of nitrogens with zero attached hydrogens (tertiary/aromatic N) is 3. The Kier molecular flexibility index (Phi) is 3.54. The van der Waals surface area contributed by atoms with Gasteiger partial charge in [-0.1, -0.05) is 65.1 Å². The number of para-hydroxylation sites is 1. The van der Waals surface area contributed by atoms with Gasteiger partial charge in [0.1, 0.15) is 10.0 Å². The number of thiazole rings is 1. The lowest BCUT2D eigenvalue weighted by Gasteiger charge is -1.96. The van der Waals surface area contributed by atoms with Gasteiger partial charge in [0.15, 0.2) is 5.13 Å². The van der Waals surface area contributed by atoms with E-state index < -0.39 is 0 Å². The zero-order valence-electron chi connectivity index (χ0n) is 11.6. The van der Waals surface area contributed by atoms with Gasteiger partial charge in [-0.3, -0.25) is 0 Å². The minimum Gasteiger partial charge on any atom is -0.355 e. The van der Waals surface area contributed by atoms with Gasteiger partial charge in [-0.15, -0.1) is 10.2 Å². The Morgan fingerprint density at radius 3 is 2.55 bits per heavy atom. The Balaban J connectivity index is 1.49. The van der Waals surface area contributed by atoms with Crippen molar-refractivity contribution in [2.24, 2.45) is 0 Å². The van der Waals surface area contributed by atoms with Crippen LogP contribution in [-0.2, 0) is 6.54 Å². The molecule has 1 N–H and O–H groups in total. The molecule has 0 aliphatic rings. The number of nitrogens with one attached hydrogen (secondary N) is 1. The van der Waals surface area contributed by atoms with Crippen molar-refractivity contribution in [2.45, 2.75) is 6.54 Å². The summed E-state index contributed by atoms with van der Waals surface area (Å²) in [4.78, 5) is 4.56. The first-order valence-electron chi connectivity index (χ1n) is 6.86. The summed E-state index contributed by atoms with van der Waals surface area (Å²) in [6, 6.07) is 18.2. The maximum absolute atomic E-state index is 4.56. The summed E-state index contributed by atoms with van der Waals surface area (Å²) in [5.41, 5.74) is 2.13. The molecule has 2 aromatic carbocycles. The quantitative estimate of drug-likeness (QED) is 0.603. The van der Waals surface area contributed by atoms with E-state index >= 15 is 0 Å². The summed E-state index contributed by atoms with van der Waals surface area (Å²) >= 11 is 3.26. The van der Waals surface area contributed by atoms with Crippen LogP contribution in [-0.4, -0.2) is 15.2 Å². The SMILES string of the molecule is c1ccc(-c2nnc(CNc3nc4ccccc4s3)s2)cc1. The van der Waals surface area contributed by atoms with Crippen LogP contribution in [0.15, 0.2) is 54.6 Å². The molecule has 0 atom stereocenters. The summed E-state index contributed by atoms with van der Waals surface area (Å²) in [6.45, 7) is 0.643. The van der Waals surface area contributed by atoms with Gasteiger partial charge in [0, 0.05) is 5.56 Å². The minimum absolute atomic E-state index is 0.643. The van der Waals surface area contributed by atoms with Gasteiger partial charge in [0.05, 0.1) is 16.8 Å². The van der Waals surface area contributed by atoms with Gasteiger partial charge < -0.3 is 5.32 Å². The second-order valence-corrected chi connectivity index (χ2v) is 6.80. The van der Waals surface area contributed by atoms with E-state index in [4.69, 9.17) is 0 Å². The zero-order valence-corrected chi connectivity index (χ0v) is 13.2. The highest BCUT2D eigenvalue weighted by atomic mass is 32.1. The molecule has 0 aliphatic carbocycles. The van der Waals surface area contributed by atoms with Crippen molar-refractivity contribution >= 4 is 38.0 Å². The van der Waals surface area contributed by atoms with E-state index in [-0.39, 0.29) is 0 Å². The monoisotopic (exact) mass is 324 g/mol. The molecule has 0 aliphatic heterocycles. The van der Waals surface area contributed by atoms with Gasteiger partial charge in [0.2, 0.25) is 0 Å². The van der Waals surface area contributed by atoms with Crippen LogP contribution in [0.3, 0.4) is 0 Å². The molecule has 4 nitrogen and oxygen atoms in total. The summed E-state index contributed by atoms with van der Waals surface area (Å²) in [5, 5.41) is 14.6. The average molecular weight is 324 g/mol. The number of aromatic nitrogens is 3. The Morgan fingerprint density at radius 2 is 1.68 bits per heavy atom. The van der Waals surface area contributed by atoms with Crippen molar-refractivity contribution in [3.05, 3.63) is 59.6 Å². The molecular formula is C16H12N4S2. The smallest absolute Gasteiger partial charge is 0.184 e. The minimum atomic E-state index is 0.643. The Bertz CT molecular complexity index is 866. The number of rotatable bonds is 4. The summed E-state index contributed by atoms with van der Waals surface area (Å²) in [6.07, 6.45) is 0. The van der Waals surface area contributed by atoms with Crippen LogP contribution in [0, 0.1) is 0 Å². The van der Waals surface area contributed by atoms with E-state index in [9.17, 15) is 0 Å². The third-order valence-corrected chi connectivity index (χ3v) is 5.14. The van der Waals surface area contributed by atoms with Crippen LogP contribution in [0.5, 0.6) is 0 Å². The van der Waals surface area contributed by atoms with Crippen molar-refractivity contribution < 1.29 is 0 Å². The fourth-order valence-electron chi connectivity index (χ4n) is 2.12. The molecule has 0 radical (unpaired) electrons. The summed E-state index contributed by atoms with van der Waals surface area (Å²) < 4.78 is 1.19. The first-order valence-corrected chi connectivity index (χ1v) is 8.49. The maximum atomic E-state index is 4.56. The van der Waals surface area contributed by atoms with Gasteiger partial charge in [-0.25, -0.2) is 4.98 Å². The van der Waals surface area contributed by atoms with Gasteiger partial charge in [-0.2, -0.15) is 0 Å². The fourth-order valence-corrected chi connectivity index (χ4v) is 3.77. The lowest BCUT2D eigenvalue weighted by atomic mass is 10.2. The first kappa shape index (κ1) is 13.4. The van der Waals surface area contributed by atoms with E-state index in [2.05, 4.69) is 26.6 Å². The summed E-state index contributed by atoms with van der Waals surface area (Å²) in [5.74, 6) is 0. The molecule has 0 spiro atoms. The average Bonchev–Trinajstić information content (AvgIpc) is 3.20. The van der Waals surface area contributed by atoms with E-state index in [1.807, 2.05) is 48.5 Å². The Morgan fingerprint density at radius 1 is 0.864 bits per heavy atom. The van der Waals surface area contributed by atoms with Crippen molar-refractivity contribution in [3.63, 3.8) is 0 Å². The molecule has 2 heterocycles. The van der Waals surface area contributed by atoms with Crippen LogP contribution < -0.4 is 5.32 Å². The topological polar surface area (TPSA) is 50.7 Å². The van der Waals surface area contributed by atoms with Crippen molar-refractivity contribution in [2.75, 3.05) is 5.32 Å². The molecule has 4 aromatic rings. The van der Waals surface area contributed by atoms with Gasteiger partial charge in [0.25, 0.3) is 0 Å². The second kappa shape index (κ2) is 5.82. The molecule has 0 fully saturated rings. The maximum Gasteiger partial charge on any atom is 0.184 e. The number of hydrogen-bond donors (Lipinski definition) is 1. The molecule has 6 heteroatoms. The fraction of sp³-hybridized carbons (Fsp3) is 0.0625. The highest BCUT2D eigenvalue weighted by molar-refractivity contribution is 7.22. The normalized spacial score (nSPS) is 10.9. The second-order valence-electron chi connectivity index (χ2n) is 4.71. The third kappa shape index (κ3) is 2.70. The summed E-state index contributed by atoms with van der Waals surface area (Å²) in [7, 11) is 0. The van der Waals surface area contributed by atoms with E-state index in [1.165, 1.54) is 4.70 Å². The van der Waals surface area contributed by atoms with E-state index in [0.29, 0.717) is 6.54 Å². The van der Waals surface area contributed by atoms with Crippen LogP contribution in [0.4, 0.5) is 5.13 Å². The number of hydrogen-bond acceptors (Lipinski definition) is 6. The molecule has 22 heavy (non-hydrogen) atoms. The molecule has 0 unspecified atom stereocenters. The number of anilines is 1. The molecular weight excluding hydrogens is 312 g/mol. The van der Waals surface area contributed by atoms with Crippen molar-refractivity contribution in [1.29, 1.82) is 0 Å². The van der Waals surface area contributed by atoms with Gasteiger partial charge in [-0.05, 0) is 12.1 Å². The molecule has 0 saturated heterocycles. The van der Waals surface area contributed by atoms with Crippen LogP contribution >= 0.6 is 22.7 Å². The van der Waals surface area contributed by atoms with Crippen molar-refractivity contribution in [1.82, 2.24) is 15.2 Å². The molecule has 0 saturated carbocycles. The lowest BCUT2D eigenvalue weighted by Crippen LogP contribution is -1.97. The standard InChI is InChI=1S/C16H12N4S2/c1-2-6-11(7-3-1)15-20-19-14(22-15)10-17-16-18-12-8-4-5-9-13(12)21-16/h1-9H,10H2,(H,17,18). The Labute approximate surface area is 135 Å². The molecule has 0 amide bonds. The molecule has 2 aromatic heterocycles. The van der Waals surface area contributed by atoms with Crippen LogP contribution in [0.25, 0.3) is 20.8 Å². The van der Waals surface area contributed by atoms with E-state index in [1.54, 1.807) is 22.7 Å².